The van der Waals surface area contributed by atoms with E-state index in [0.29, 0.717) is 11.0 Å². The molecule has 1 heterocycles. The number of hydrogen-bond donors (Lipinski definition) is 1. The molecule has 2 rings (SSSR count). The van der Waals surface area contributed by atoms with Crippen molar-refractivity contribution in [2.24, 2.45) is 0 Å². The van der Waals surface area contributed by atoms with Crippen LogP contribution >= 0.6 is 31.9 Å². The number of nitrogens with two attached hydrogens (primary N) is 1. The van der Waals surface area contributed by atoms with E-state index in [1.54, 1.807) is 16.4 Å². The highest BCUT2D eigenvalue weighted by atomic mass is 79.9. The second kappa shape index (κ2) is 5.02. The maximum Gasteiger partial charge on any atom is 0.246 e. The van der Waals surface area contributed by atoms with Gasteiger partial charge in [0.15, 0.2) is 0 Å². The van der Waals surface area contributed by atoms with Gasteiger partial charge in [-0.25, -0.2) is 8.42 Å². The van der Waals surface area contributed by atoms with E-state index < -0.39 is 10.0 Å². The molecule has 1 aliphatic rings. The van der Waals surface area contributed by atoms with Crippen molar-refractivity contribution in [3.63, 3.8) is 0 Å². The quantitative estimate of drug-likeness (QED) is 0.758. The van der Waals surface area contributed by atoms with Gasteiger partial charge in [0.25, 0.3) is 0 Å². The van der Waals surface area contributed by atoms with Gasteiger partial charge < -0.3 is 5.73 Å². The maximum absolute atomic E-state index is 12.8. The van der Waals surface area contributed by atoms with Crippen molar-refractivity contribution < 1.29 is 8.42 Å². The Labute approximate surface area is 130 Å². The molecule has 0 saturated carbocycles. The van der Waals surface area contributed by atoms with E-state index in [1.807, 2.05) is 13.8 Å². The van der Waals surface area contributed by atoms with Gasteiger partial charge in [0.2, 0.25) is 10.0 Å². The molecule has 106 valence electrons. The van der Waals surface area contributed by atoms with Gasteiger partial charge in [0, 0.05) is 21.0 Å². The minimum absolute atomic E-state index is 0.158. The molecule has 0 spiro atoms. The highest BCUT2D eigenvalue weighted by Gasteiger charge is 2.42. The van der Waals surface area contributed by atoms with Crippen LogP contribution in [0.3, 0.4) is 0 Å². The van der Waals surface area contributed by atoms with Crippen molar-refractivity contribution in [2.45, 2.75) is 37.1 Å². The highest BCUT2D eigenvalue weighted by molar-refractivity contribution is 9.11. The Balaban J connectivity index is 2.58. The lowest BCUT2D eigenvalue weighted by atomic mass is 10.0. The van der Waals surface area contributed by atoms with Crippen LogP contribution in [0, 0.1) is 0 Å². The number of anilines is 1. The second-order valence-electron chi connectivity index (χ2n) is 5.30. The Morgan fingerprint density at radius 1 is 1.32 bits per heavy atom. The minimum atomic E-state index is -3.58. The summed E-state index contributed by atoms with van der Waals surface area (Å²) in [6.45, 7) is 4.43. The van der Waals surface area contributed by atoms with Crippen molar-refractivity contribution in [3.8, 4) is 0 Å². The summed E-state index contributed by atoms with van der Waals surface area (Å²) in [5.41, 5.74) is 5.79. The van der Waals surface area contributed by atoms with Gasteiger partial charge >= 0.3 is 0 Å². The van der Waals surface area contributed by atoms with Crippen LogP contribution in [0.25, 0.3) is 0 Å². The number of hydrogen-bond acceptors (Lipinski definition) is 3. The minimum Gasteiger partial charge on any atom is -0.398 e. The van der Waals surface area contributed by atoms with Gasteiger partial charge in [0.05, 0.1) is 5.69 Å². The monoisotopic (exact) mass is 410 g/mol. The summed E-state index contributed by atoms with van der Waals surface area (Å²) in [7, 11) is -3.58. The Morgan fingerprint density at radius 2 is 1.95 bits per heavy atom. The Kier molecular flexibility index (Phi) is 4.04. The lowest BCUT2D eigenvalue weighted by molar-refractivity contribution is 0.292. The second-order valence-corrected chi connectivity index (χ2v) is 8.87. The van der Waals surface area contributed by atoms with Crippen molar-refractivity contribution in [1.82, 2.24) is 4.31 Å². The molecule has 0 atom stereocenters. The van der Waals surface area contributed by atoms with E-state index in [9.17, 15) is 8.42 Å². The molecule has 19 heavy (non-hydrogen) atoms. The Hall–Kier alpha value is -0.110. The number of benzene rings is 1. The molecule has 0 amide bonds. The van der Waals surface area contributed by atoms with Gasteiger partial charge in [-0.3, -0.25) is 0 Å². The number of nitrogens with zero attached hydrogens (tertiary/aromatic N) is 1. The SMILES string of the molecule is CC1(C)CCCN1S(=O)(=O)c1c(N)cc(Br)cc1Br. The van der Waals surface area contributed by atoms with Crippen LogP contribution in [0.1, 0.15) is 26.7 Å². The predicted octanol–water partition coefficient (Wildman–Crippen LogP) is 3.36. The molecule has 0 bridgehead atoms. The van der Waals surface area contributed by atoms with Crippen molar-refractivity contribution in [1.29, 1.82) is 0 Å². The molecule has 2 N–H and O–H groups in total. The molecule has 0 aromatic heterocycles. The van der Waals surface area contributed by atoms with Crippen LogP contribution in [0.4, 0.5) is 5.69 Å². The summed E-state index contributed by atoms with van der Waals surface area (Å²) >= 11 is 6.60. The molecule has 4 nitrogen and oxygen atoms in total. The molecule has 0 radical (unpaired) electrons. The normalized spacial score (nSPS) is 19.8. The summed E-state index contributed by atoms with van der Waals surface area (Å²) in [5.74, 6) is 0. The van der Waals surface area contributed by atoms with E-state index in [4.69, 9.17) is 5.73 Å². The fraction of sp³-hybridized carbons (Fsp3) is 0.500. The smallest absolute Gasteiger partial charge is 0.246 e. The van der Waals surface area contributed by atoms with Crippen molar-refractivity contribution in [2.75, 3.05) is 12.3 Å². The molecule has 1 fully saturated rings. The third-order valence-electron chi connectivity index (χ3n) is 3.41. The lowest BCUT2D eigenvalue weighted by Gasteiger charge is -2.31. The first kappa shape index (κ1) is 15.3. The molecule has 1 aromatic carbocycles. The first-order valence-corrected chi connectivity index (χ1v) is 8.96. The zero-order chi connectivity index (χ0) is 14.4. The average molecular weight is 412 g/mol. The number of rotatable bonds is 2. The van der Waals surface area contributed by atoms with Gasteiger partial charge in [-0.15, -0.1) is 0 Å². The largest absolute Gasteiger partial charge is 0.398 e. The van der Waals surface area contributed by atoms with Gasteiger partial charge in [0.1, 0.15) is 4.90 Å². The van der Waals surface area contributed by atoms with Crippen LogP contribution in [0.5, 0.6) is 0 Å². The zero-order valence-electron chi connectivity index (χ0n) is 10.8. The first-order valence-electron chi connectivity index (χ1n) is 5.93. The van der Waals surface area contributed by atoms with E-state index in [1.165, 1.54) is 0 Å². The Bertz CT molecular complexity index is 591. The third-order valence-corrected chi connectivity index (χ3v) is 6.98. The fourth-order valence-electron chi connectivity index (χ4n) is 2.49. The lowest BCUT2D eigenvalue weighted by Crippen LogP contribution is -2.42. The Morgan fingerprint density at radius 3 is 2.42 bits per heavy atom. The van der Waals surface area contributed by atoms with Crippen molar-refractivity contribution >= 4 is 47.6 Å². The maximum atomic E-state index is 12.8. The standard InChI is InChI=1S/C12H16Br2N2O2S/c1-12(2)4-3-5-16(12)19(17,18)11-9(14)6-8(13)7-10(11)15/h6-7H,3-5,15H2,1-2H3. The molecule has 7 heteroatoms. The zero-order valence-corrected chi connectivity index (χ0v) is 14.8. The predicted molar refractivity (Wildman–Crippen MR) is 83.5 cm³/mol. The summed E-state index contributed by atoms with van der Waals surface area (Å²) in [6, 6.07) is 3.31. The molecular formula is C12H16Br2N2O2S. The molecule has 1 aliphatic heterocycles. The summed E-state index contributed by atoms with van der Waals surface area (Å²) in [5, 5.41) is 0. The molecular weight excluding hydrogens is 396 g/mol. The van der Waals surface area contributed by atoms with E-state index in [-0.39, 0.29) is 16.1 Å². The van der Waals surface area contributed by atoms with Crippen LogP contribution in [0.15, 0.2) is 26.0 Å². The van der Waals surface area contributed by atoms with Gasteiger partial charge in [-0.1, -0.05) is 15.9 Å². The van der Waals surface area contributed by atoms with E-state index in [0.717, 1.165) is 17.3 Å². The number of nitrogen functional groups attached to an aromatic ring is 1. The number of halogens is 2. The van der Waals surface area contributed by atoms with E-state index in [2.05, 4.69) is 31.9 Å². The van der Waals surface area contributed by atoms with Crippen molar-refractivity contribution in [3.05, 3.63) is 21.1 Å². The summed E-state index contributed by atoms with van der Waals surface area (Å²) in [4.78, 5) is 0.158. The van der Waals surface area contributed by atoms with Crippen LogP contribution < -0.4 is 5.73 Å². The fourth-order valence-corrected chi connectivity index (χ4v) is 6.36. The van der Waals surface area contributed by atoms with Crippen LogP contribution in [-0.4, -0.2) is 24.8 Å². The summed E-state index contributed by atoms with van der Waals surface area (Å²) in [6.07, 6.45) is 1.74. The molecule has 0 aliphatic carbocycles. The topological polar surface area (TPSA) is 63.4 Å². The van der Waals surface area contributed by atoms with Crippen LogP contribution in [-0.2, 0) is 10.0 Å². The third kappa shape index (κ3) is 2.70. The molecule has 0 unspecified atom stereocenters. The number of sulfonamides is 1. The highest BCUT2D eigenvalue weighted by Crippen LogP contribution is 2.39. The molecule has 1 saturated heterocycles. The van der Waals surface area contributed by atoms with E-state index >= 15 is 0 Å². The average Bonchev–Trinajstić information content (AvgIpc) is 2.56. The van der Waals surface area contributed by atoms with Gasteiger partial charge in [-0.2, -0.15) is 4.31 Å². The van der Waals surface area contributed by atoms with Gasteiger partial charge in [-0.05, 0) is 54.8 Å². The first-order chi connectivity index (χ1) is 8.66. The molecule has 1 aromatic rings. The van der Waals surface area contributed by atoms with Crippen LogP contribution in [0.2, 0.25) is 0 Å². The summed E-state index contributed by atoms with van der Waals surface area (Å²) < 4.78 is 28.4.